The predicted octanol–water partition coefficient (Wildman–Crippen LogP) is 2.44. The molecule has 1 aromatic heterocycles. The minimum atomic E-state index is 0.253. The third-order valence-corrected chi connectivity index (χ3v) is 3.70. The second kappa shape index (κ2) is 5.02. The van der Waals surface area contributed by atoms with Crippen molar-refractivity contribution in [2.24, 2.45) is 5.73 Å². The van der Waals surface area contributed by atoms with Crippen LogP contribution >= 0.6 is 11.6 Å². The summed E-state index contributed by atoms with van der Waals surface area (Å²) < 4.78 is 0. The highest BCUT2D eigenvalue weighted by molar-refractivity contribution is 6.33. The molecule has 88 valence electrons. The minimum Gasteiger partial charge on any atom is -0.369 e. The van der Waals surface area contributed by atoms with Crippen molar-refractivity contribution < 1.29 is 0 Å². The van der Waals surface area contributed by atoms with Crippen molar-refractivity contribution in [1.82, 2.24) is 4.98 Å². The average Bonchev–Trinajstić information content (AvgIpc) is 2.29. The number of rotatable bonds is 2. The maximum Gasteiger partial charge on any atom is 0.0822 e. The van der Waals surface area contributed by atoms with E-state index in [1.807, 2.05) is 6.07 Å². The number of hydrogen-bond acceptors (Lipinski definition) is 3. The van der Waals surface area contributed by atoms with Crippen LogP contribution in [-0.4, -0.2) is 24.1 Å². The molecule has 4 heteroatoms. The number of hydrogen-bond donors (Lipinski definition) is 1. The van der Waals surface area contributed by atoms with Crippen molar-refractivity contribution >= 4 is 17.3 Å². The van der Waals surface area contributed by atoms with Crippen molar-refractivity contribution in [2.45, 2.75) is 37.8 Å². The molecule has 2 unspecified atom stereocenters. The van der Waals surface area contributed by atoms with E-state index in [0.29, 0.717) is 11.1 Å². The van der Waals surface area contributed by atoms with Gasteiger partial charge in [-0.25, -0.2) is 0 Å². The molecule has 1 aliphatic carbocycles. The molecule has 0 aliphatic heterocycles. The zero-order chi connectivity index (χ0) is 11.5. The van der Waals surface area contributed by atoms with Crippen molar-refractivity contribution in [2.75, 3.05) is 11.9 Å². The van der Waals surface area contributed by atoms with Gasteiger partial charge in [0.15, 0.2) is 0 Å². The predicted molar refractivity (Wildman–Crippen MR) is 67.9 cm³/mol. The molecule has 1 fully saturated rings. The molecule has 1 aromatic rings. The van der Waals surface area contributed by atoms with Gasteiger partial charge in [0, 0.05) is 31.5 Å². The van der Waals surface area contributed by atoms with Gasteiger partial charge in [0.25, 0.3) is 0 Å². The smallest absolute Gasteiger partial charge is 0.0822 e. The van der Waals surface area contributed by atoms with Crippen LogP contribution < -0.4 is 10.6 Å². The molecular weight excluding hydrogens is 222 g/mol. The fourth-order valence-electron chi connectivity index (χ4n) is 2.45. The lowest BCUT2D eigenvalue weighted by Gasteiger charge is -2.37. The Morgan fingerprint density at radius 3 is 2.88 bits per heavy atom. The van der Waals surface area contributed by atoms with Gasteiger partial charge in [0.1, 0.15) is 0 Å². The van der Waals surface area contributed by atoms with Gasteiger partial charge in [-0.15, -0.1) is 0 Å². The maximum absolute atomic E-state index is 6.17. The molecule has 1 heterocycles. The third-order valence-electron chi connectivity index (χ3n) is 3.41. The van der Waals surface area contributed by atoms with Gasteiger partial charge in [-0.1, -0.05) is 24.4 Å². The standard InChI is InChI=1S/C12H18ClN3/c1-16(11-6-7-15-8-9(11)13)12-5-3-2-4-10(12)14/h6-8,10,12H,2-5,14H2,1H3. The maximum atomic E-state index is 6.17. The highest BCUT2D eigenvalue weighted by Gasteiger charge is 2.26. The van der Waals surface area contributed by atoms with E-state index in [-0.39, 0.29) is 6.04 Å². The van der Waals surface area contributed by atoms with Crippen LogP contribution in [-0.2, 0) is 0 Å². The zero-order valence-electron chi connectivity index (χ0n) is 9.56. The molecule has 3 nitrogen and oxygen atoms in total. The minimum absolute atomic E-state index is 0.253. The molecule has 1 saturated carbocycles. The van der Waals surface area contributed by atoms with E-state index in [1.54, 1.807) is 12.4 Å². The van der Waals surface area contributed by atoms with Crippen molar-refractivity contribution in [3.63, 3.8) is 0 Å². The van der Waals surface area contributed by atoms with Gasteiger partial charge in [-0.2, -0.15) is 0 Å². The van der Waals surface area contributed by atoms with Crippen LogP contribution in [0, 0.1) is 0 Å². The Bertz CT molecular complexity index is 356. The van der Waals surface area contributed by atoms with Gasteiger partial charge < -0.3 is 10.6 Å². The lowest BCUT2D eigenvalue weighted by atomic mass is 9.90. The van der Waals surface area contributed by atoms with Gasteiger partial charge in [0.2, 0.25) is 0 Å². The molecular formula is C12H18ClN3. The largest absolute Gasteiger partial charge is 0.369 e. The van der Waals surface area contributed by atoms with Crippen LogP contribution in [0.1, 0.15) is 25.7 Å². The van der Waals surface area contributed by atoms with Crippen molar-refractivity contribution in [1.29, 1.82) is 0 Å². The lowest BCUT2D eigenvalue weighted by Crippen LogP contribution is -2.48. The Hall–Kier alpha value is -0.800. The highest BCUT2D eigenvalue weighted by Crippen LogP contribution is 2.29. The topological polar surface area (TPSA) is 42.2 Å². The molecule has 2 rings (SSSR count). The number of nitrogens with two attached hydrogens (primary N) is 1. The van der Waals surface area contributed by atoms with E-state index in [2.05, 4.69) is 16.9 Å². The summed E-state index contributed by atoms with van der Waals surface area (Å²) >= 11 is 6.14. The summed E-state index contributed by atoms with van der Waals surface area (Å²) in [5, 5.41) is 0.697. The first-order valence-corrected chi connectivity index (χ1v) is 6.16. The van der Waals surface area contributed by atoms with Crippen LogP contribution in [0.3, 0.4) is 0 Å². The number of anilines is 1. The van der Waals surface area contributed by atoms with Gasteiger partial charge in [0.05, 0.1) is 10.7 Å². The number of likely N-dealkylation sites (N-methyl/N-ethyl adjacent to an activating group) is 1. The fraction of sp³-hybridized carbons (Fsp3) is 0.583. The quantitative estimate of drug-likeness (QED) is 0.862. The molecule has 0 aromatic carbocycles. The van der Waals surface area contributed by atoms with Crippen LogP contribution in [0.4, 0.5) is 5.69 Å². The summed E-state index contributed by atoms with van der Waals surface area (Å²) in [5.74, 6) is 0. The molecule has 0 radical (unpaired) electrons. The molecule has 0 bridgehead atoms. The fourth-order valence-corrected chi connectivity index (χ4v) is 2.71. The number of nitrogens with zero attached hydrogens (tertiary/aromatic N) is 2. The van der Waals surface area contributed by atoms with Crippen LogP contribution in [0.15, 0.2) is 18.5 Å². The second-order valence-corrected chi connectivity index (χ2v) is 4.86. The van der Waals surface area contributed by atoms with Crippen molar-refractivity contribution in [3.8, 4) is 0 Å². The van der Waals surface area contributed by atoms with Gasteiger partial charge in [-0.05, 0) is 18.9 Å². The first kappa shape index (κ1) is 11.7. The Kier molecular flexibility index (Phi) is 3.66. The summed E-state index contributed by atoms with van der Waals surface area (Å²) in [6.45, 7) is 0. The number of pyridine rings is 1. The molecule has 0 amide bonds. The molecule has 0 spiro atoms. The number of aromatic nitrogens is 1. The van der Waals surface area contributed by atoms with E-state index in [4.69, 9.17) is 17.3 Å². The summed E-state index contributed by atoms with van der Waals surface area (Å²) in [4.78, 5) is 6.20. The Morgan fingerprint density at radius 2 is 2.19 bits per heavy atom. The Labute approximate surface area is 102 Å². The number of halogens is 1. The monoisotopic (exact) mass is 239 g/mol. The van der Waals surface area contributed by atoms with Crippen LogP contribution in [0.25, 0.3) is 0 Å². The summed E-state index contributed by atoms with van der Waals surface area (Å²) in [6.07, 6.45) is 8.21. The van der Waals surface area contributed by atoms with Gasteiger partial charge in [-0.3, -0.25) is 4.98 Å². The van der Waals surface area contributed by atoms with Gasteiger partial charge >= 0.3 is 0 Å². The van der Waals surface area contributed by atoms with Crippen molar-refractivity contribution in [3.05, 3.63) is 23.5 Å². The molecule has 0 saturated heterocycles. The van der Waals surface area contributed by atoms with E-state index in [9.17, 15) is 0 Å². The summed E-state index contributed by atoms with van der Waals surface area (Å²) in [7, 11) is 2.07. The molecule has 2 atom stereocenters. The summed E-state index contributed by atoms with van der Waals surface area (Å²) in [5.41, 5.74) is 7.19. The van der Waals surface area contributed by atoms with E-state index < -0.39 is 0 Å². The zero-order valence-corrected chi connectivity index (χ0v) is 10.3. The first-order chi connectivity index (χ1) is 7.70. The van der Waals surface area contributed by atoms with Crippen LogP contribution in [0.2, 0.25) is 5.02 Å². The molecule has 16 heavy (non-hydrogen) atoms. The SMILES string of the molecule is CN(c1ccncc1Cl)C1CCCCC1N. The normalized spacial score (nSPS) is 25.4. The highest BCUT2D eigenvalue weighted by atomic mass is 35.5. The average molecular weight is 240 g/mol. The first-order valence-electron chi connectivity index (χ1n) is 5.78. The van der Waals surface area contributed by atoms with E-state index in [1.165, 1.54) is 12.8 Å². The Balaban J connectivity index is 2.17. The van der Waals surface area contributed by atoms with Crippen LogP contribution in [0.5, 0.6) is 0 Å². The second-order valence-electron chi connectivity index (χ2n) is 4.45. The van der Waals surface area contributed by atoms with E-state index in [0.717, 1.165) is 18.5 Å². The lowest BCUT2D eigenvalue weighted by molar-refractivity contribution is 0.373. The summed E-state index contributed by atoms with van der Waals surface area (Å²) in [6, 6.07) is 2.60. The van der Waals surface area contributed by atoms with E-state index >= 15 is 0 Å². The molecule has 2 N–H and O–H groups in total. The Morgan fingerprint density at radius 1 is 1.44 bits per heavy atom. The third kappa shape index (κ3) is 2.30. The molecule has 1 aliphatic rings.